The van der Waals surface area contributed by atoms with Gasteiger partial charge in [-0.15, -0.1) is 0 Å². The number of rotatable bonds is 4. The van der Waals surface area contributed by atoms with E-state index in [-0.39, 0.29) is 5.91 Å². The number of amides is 1. The van der Waals surface area contributed by atoms with Gasteiger partial charge in [0.25, 0.3) is 0 Å². The molecule has 1 aromatic rings. The van der Waals surface area contributed by atoms with Crippen molar-refractivity contribution in [2.75, 3.05) is 39.6 Å². The van der Waals surface area contributed by atoms with Crippen molar-refractivity contribution >= 4 is 11.9 Å². The van der Waals surface area contributed by atoms with Crippen LogP contribution in [0.3, 0.4) is 0 Å². The Morgan fingerprint density at radius 2 is 1.90 bits per heavy atom. The van der Waals surface area contributed by atoms with Crippen molar-refractivity contribution < 1.29 is 4.79 Å². The molecular formula is C15H25N5O. The van der Waals surface area contributed by atoms with Gasteiger partial charge < -0.3 is 9.80 Å². The third-order valence-electron chi connectivity index (χ3n) is 4.12. The molecule has 0 aliphatic carbocycles. The van der Waals surface area contributed by atoms with Gasteiger partial charge in [-0.25, -0.2) is 9.97 Å². The molecule has 1 aliphatic rings. The van der Waals surface area contributed by atoms with Gasteiger partial charge in [0.15, 0.2) is 0 Å². The van der Waals surface area contributed by atoms with E-state index >= 15 is 0 Å². The summed E-state index contributed by atoms with van der Waals surface area (Å²) in [7, 11) is 7.47. The Labute approximate surface area is 126 Å². The summed E-state index contributed by atoms with van der Waals surface area (Å²) in [5.74, 6) is 0.873. The molecule has 2 heterocycles. The Kier molecular flexibility index (Phi) is 4.46. The number of anilines is 1. The Balaban J connectivity index is 2.12. The monoisotopic (exact) mass is 291 g/mol. The molecule has 0 bridgehead atoms. The van der Waals surface area contributed by atoms with Crippen molar-refractivity contribution in [3.8, 4) is 0 Å². The molecule has 21 heavy (non-hydrogen) atoms. The fraction of sp³-hybridized carbons (Fsp3) is 0.667. The summed E-state index contributed by atoms with van der Waals surface area (Å²) in [5, 5.41) is 0. The van der Waals surface area contributed by atoms with Crippen molar-refractivity contribution in [3.05, 3.63) is 18.0 Å². The maximum Gasteiger partial charge on any atom is 0.242 e. The minimum atomic E-state index is -0.413. The molecule has 0 spiro atoms. The van der Waals surface area contributed by atoms with E-state index < -0.39 is 5.54 Å². The maximum atomic E-state index is 12.5. The van der Waals surface area contributed by atoms with E-state index in [0.29, 0.717) is 12.5 Å². The zero-order valence-corrected chi connectivity index (χ0v) is 13.6. The highest BCUT2D eigenvalue weighted by molar-refractivity contribution is 5.85. The number of likely N-dealkylation sites (tertiary alicyclic amines) is 1. The SMILES string of the molecule is CN(C)C(=O)[C@@]1(C)CCCN1Cc1cnc(N(C)C)nc1. The average molecular weight is 291 g/mol. The molecule has 6 heteroatoms. The molecular weight excluding hydrogens is 266 g/mol. The van der Waals surface area contributed by atoms with Gasteiger partial charge in [-0.3, -0.25) is 9.69 Å². The van der Waals surface area contributed by atoms with Crippen LogP contribution < -0.4 is 4.90 Å². The first-order chi connectivity index (χ1) is 9.84. The number of carbonyl (C=O) groups excluding carboxylic acids is 1. The van der Waals surface area contributed by atoms with Gasteiger partial charge in [-0.2, -0.15) is 0 Å². The lowest BCUT2D eigenvalue weighted by atomic mass is 9.97. The zero-order chi connectivity index (χ0) is 15.6. The molecule has 1 amide bonds. The first-order valence-electron chi connectivity index (χ1n) is 7.29. The highest BCUT2D eigenvalue weighted by atomic mass is 16.2. The van der Waals surface area contributed by atoms with E-state index in [9.17, 15) is 4.79 Å². The molecule has 1 atom stereocenters. The molecule has 0 saturated carbocycles. The second kappa shape index (κ2) is 5.97. The number of likely N-dealkylation sites (N-methyl/N-ethyl adjacent to an activating group) is 1. The van der Waals surface area contributed by atoms with Gasteiger partial charge >= 0.3 is 0 Å². The van der Waals surface area contributed by atoms with Crippen molar-refractivity contribution in [1.29, 1.82) is 0 Å². The molecule has 1 aromatic heterocycles. The topological polar surface area (TPSA) is 52.6 Å². The number of nitrogens with zero attached hydrogens (tertiary/aromatic N) is 5. The Bertz CT molecular complexity index is 499. The molecule has 0 aromatic carbocycles. The van der Waals surface area contributed by atoms with Gasteiger partial charge in [0.05, 0.1) is 5.54 Å². The Morgan fingerprint density at radius 3 is 2.43 bits per heavy atom. The van der Waals surface area contributed by atoms with Crippen LogP contribution in [-0.4, -0.2) is 65.9 Å². The van der Waals surface area contributed by atoms with Crippen LogP contribution in [0.2, 0.25) is 0 Å². The van der Waals surface area contributed by atoms with E-state index in [2.05, 4.69) is 14.9 Å². The maximum absolute atomic E-state index is 12.5. The van der Waals surface area contributed by atoms with Crippen LogP contribution in [0.25, 0.3) is 0 Å². The summed E-state index contributed by atoms with van der Waals surface area (Å²) < 4.78 is 0. The predicted molar refractivity (Wildman–Crippen MR) is 83.1 cm³/mol. The van der Waals surface area contributed by atoms with Crippen molar-refractivity contribution in [2.45, 2.75) is 31.8 Å². The van der Waals surface area contributed by atoms with Crippen molar-refractivity contribution in [3.63, 3.8) is 0 Å². The first kappa shape index (κ1) is 15.7. The number of hydrogen-bond acceptors (Lipinski definition) is 5. The van der Waals surface area contributed by atoms with Crippen LogP contribution in [0, 0.1) is 0 Å². The lowest BCUT2D eigenvalue weighted by Gasteiger charge is -2.35. The van der Waals surface area contributed by atoms with Crippen LogP contribution in [-0.2, 0) is 11.3 Å². The molecule has 0 radical (unpaired) electrons. The molecule has 1 aliphatic heterocycles. The average Bonchev–Trinajstić information content (AvgIpc) is 2.81. The standard InChI is InChI=1S/C15H25N5O/c1-15(13(21)18(2)3)7-6-8-20(15)11-12-9-16-14(17-10-12)19(4)5/h9-10H,6-8,11H2,1-5H3/t15-/m1/s1. The summed E-state index contributed by atoms with van der Waals surface area (Å²) in [6.07, 6.45) is 5.65. The molecule has 1 saturated heterocycles. The highest BCUT2D eigenvalue weighted by Gasteiger charge is 2.43. The third kappa shape index (κ3) is 3.15. The normalized spacial score (nSPS) is 22.3. The zero-order valence-electron chi connectivity index (χ0n) is 13.6. The second-order valence-corrected chi connectivity index (χ2v) is 6.28. The van der Waals surface area contributed by atoms with E-state index in [0.717, 1.165) is 24.9 Å². The van der Waals surface area contributed by atoms with Crippen molar-refractivity contribution in [1.82, 2.24) is 19.8 Å². The molecule has 116 valence electrons. The predicted octanol–water partition coefficient (Wildman–Crippen LogP) is 0.985. The molecule has 0 unspecified atom stereocenters. The first-order valence-corrected chi connectivity index (χ1v) is 7.29. The third-order valence-corrected chi connectivity index (χ3v) is 4.12. The minimum absolute atomic E-state index is 0.172. The highest BCUT2D eigenvalue weighted by Crippen LogP contribution is 2.31. The molecule has 6 nitrogen and oxygen atoms in total. The van der Waals surface area contributed by atoms with Crippen molar-refractivity contribution in [2.24, 2.45) is 0 Å². The van der Waals surface area contributed by atoms with Crippen LogP contribution in [0.1, 0.15) is 25.3 Å². The van der Waals surface area contributed by atoms with Crippen LogP contribution in [0.15, 0.2) is 12.4 Å². The summed E-state index contributed by atoms with van der Waals surface area (Å²) in [4.78, 5) is 26.9. The lowest BCUT2D eigenvalue weighted by Crippen LogP contribution is -2.52. The summed E-state index contributed by atoms with van der Waals surface area (Å²) in [6, 6.07) is 0. The second-order valence-electron chi connectivity index (χ2n) is 6.28. The van der Waals surface area contributed by atoms with E-state index in [4.69, 9.17) is 0 Å². The molecule has 0 N–H and O–H groups in total. The Hall–Kier alpha value is -1.69. The fourth-order valence-corrected chi connectivity index (χ4v) is 2.88. The summed E-state index contributed by atoms with van der Waals surface area (Å²) in [6.45, 7) is 3.69. The van der Waals surface area contributed by atoms with Crippen LogP contribution >= 0.6 is 0 Å². The Morgan fingerprint density at radius 1 is 1.29 bits per heavy atom. The fourth-order valence-electron chi connectivity index (χ4n) is 2.88. The van der Waals surface area contributed by atoms with E-state index in [1.807, 2.05) is 52.4 Å². The van der Waals surface area contributed by atoms with Gasteiger partial charge in [0.1, 0.15) is 0 Å². The van der Waals surface area contributed by atoms with Gasteiger partial charge in [-0.1, -0.05) is 0 Å². The minimum Gasteiger partial charge on any atom is -0.347 e. The molecule has 2 rings (SSSR count). The van der Waals surface area contributed by atoms with Crippen LogP contribution in [0.4, 0.5) is 5.95 Å². The smallest absolute Gasteiger partial charge is 0.242 e. The largest absolute Gasteiger partial charge is 0.347 e. The number of carbonyl (C=O) groups is 1. The lowest BCUT2D eigenvalue weighted by molar-refractivity contribution is -0.139. The molecule has 1 fully saturated rings. The quantitative estimate of drug-likeness (QED) is 0.828. The number of hydrogen-bond donors (Lipinski definition) is 0. The summed E-state index contributed by atoms with van der Waals surface area (Å²) >= 11 is 0. The van der Waals surface area contributed by atoms with Gasteiger partial charge in [0, 0.05) is 52.7 Å². The van der Waals surface area contributed by atoms with Gasteiger partial charge in [0.2, 0.25) is 11.9 Å². The van der Waals surface area contributed by atoms with E-state index in [1.165, 1.54) is 0 Å². The van der Waals surface area contributed by atoms with Gasteiger partial charge in [-0.05, 0) is 26.3 Å². The number of aromatic nitrogens is 2. The summed E-state index contributed by atoms with van der Waals surface area (Å²) in [5.41, 5.74) is 0.629. The van der Waals surface area contributed by atoms with Crippen LogP contribution in [0.5, 0.6) is 0 Å². The van der Waals surface area contributed by atoms with E-state index in [1.54, 1.807) is 4.90 Å².